The van der Waals surface area contributed by atoms with Gasteiger partial charge in [-0.1, -0.05) is 48.5 Å². The van der Waals surface area contributed by atoms with E-state index in [1.807, 2.05) is 29.6 Å². The van der Waals surface area contributed by atoms with Gasteiger partial charge in [-0.2, -0.15) is 0 Å². The maximum Gasteiger partial charge on any atom is 0.234 e. The number of aryl methyl sites for hydroxylation is 1. The van der Waals surface area contributed by atoms with E-state index >= 15 is 0 Å². The van der Waals surface area contributed by atoms with Gasteiger partial charge in [0.1, 0.15) is 0 Å². The molecule has 1 heterocycles. The van der Waals surface area contributed by atoms with Crippen LogP contribution >= 0.6 is 34.7 Å². The van der Waals surface area contributed by atoms with Crippen LogP contribution in [-0.2, 0) is 22.4 Å². The highest BCUT2D eigenvalue weighted by Crippen LogP contribution is 2.24. The Morgan fingerprint density at radius 2 is 1.83 bits per heavy atom. The van der Waals surface area contributed by atoms with Gasteiger partial charge in [-0.15, -0.1) is 11.3 Å². The second-order valence-corrected chi connectivity index (χ2v) is 8.70. The fourth-order valence-electron chi connectivity index (χ4n) is 2.60. The van der Waals surface area contributed by atoms with E-state index in [9.17, 15) is 9.59 Å². The molecule has 0 saturated carbocycles. The maximum absolute atomic E-state index is 12.3. The summed E-state index contributed by atoms with van der Waals surface area (Å²) < 4.78 is 0.757. The molecule has 150 valence electrons. The zero-order valence-electron chi connectivity index (χ0n) is 15.8. The predicted octanol–water partition coefficient (Wildman–Crippen LogP) is 5.27. The highest BCUT2D eigenvalue weighted by molar-refractivity contribution is 8.01. The number of amides is 2. The lowest BCUT2D eigenvalue weighted by Crippen LogP contribution is -2.15. The molecule has 29 heavy (non-hydrogen) atoms. The number of thiazole rings is 1. The van der Waals surface area contributed by atoms with E-state index in [-0.39, 0.29) is 24.0 Å². The maximum atomic E-state index is 12.3. The highest BCUT2D eigenvalue weighted by atomic mass is 35.5. The molecular formula is C21H20ClN3O2S2. The molecule has 0 aliphatic rings. The molecule has 0 saturated heterocycles. The first kappa shape index (κ1) is 21.4. The fraction of sp³-hybridized carbons (Fsp3) is 0.190. The van der Waals surface area contributed by atoms with Crippen LogP contribution in [0.2, 0.25) is 5.02 Å². The lowest BCUT2D eigenvalue weighted by Gasteiger charge is -2.08. The molecule has 3 aromatic rings. The number of hydrogen-bond donors (Lipinski definition) is 2. The first-order valence-corrected chi connectivity index (χ1v) is 11.3. The minimum atomic E-state index is -0.122. The molecule has 1 aromatic heterocycles. The van der Waals surface area contributed by atoms with Crippen LogP contribution in [0.4, 0.5) is 11.4 Å². The molecule has 0 spiro atoms. The minimum Gasteiger partial charge on any atom is -0.325 e. The fourth-order valence-corrected chi connectivity index (χ4v) is 4.37. The van der Waals surface area contributed by atoms with Crippen LogP contribution in [0, 0.1) is 0 Å². The van der Waals surface area contributed by atoms with Gasteiger partial charge in [-0.25, -0.2) is 4.98 Å². The Morgan fingerprint density at radius 3 is 2.59 bits per heavy atom. The Labute approximate surface area is 182 Å². The Kier molecular flexibility index (Phi) is 7.69. The van der Waals surface area contributed by atoms with Crippen LogP contribution in [0.5, 0.6) is 0 Å². The second-order valence-electron chi connectivity index (χ2n) is 6.18. The van der Waals surface area contributed by atoms with Crippen molar-refractivity contribution in [3.05, 3.63) is 70.2 Å². The molecule has 0 bridgehead atoms. The average Bonchev–Trinajstić information content (AvgIpc) is 3.16. The highest BCUT2D eigenvalue weighted by Gasteiger charge is 2.11. The molecule has 0 unspecified atom stereocenters. The van der Waals surface area contributed by atoms with Crippen molar-refractivity contribution in [1.82, 2.24) is 4.98 Å². The second kappa shape index (κ2) is 10.4. The SMILES string of the molecule is CCc1ccccc1NC(=O)Cc1csc(SCC(=O)Nc2ccc(Cl)cc2)n1. The molecule has 0 radical (unpaired) electrons. The summed E-state index contributed by atoms with van der Waals surface area (Å²) in [5, 5.41) is 8.23. The minimum absolute atomic E-state index is 0.103. The van der Waals surface area contributed by atoms with Crippen molar-refractivity contribution >= 4 is 57.9 Å². The first-order valence-electron chi connectivity index (χ1n) is 9.04. The van der Waals surface area contributed by atoms with Gasteiger partial charge < -0.3 is 10.6 Å². The van der Waals surface area contributed by atoms with Gasteiger partial charge in [-0.05, 0) is 42.3 Å². The van der Waals surface area contributed by atoms with Crippen LogP contribution < -0.4 is 10.6 Å². The van der Waals surface area contributed by atoms with E-state index in [2.05, 4.69) is 22.5 Å². The van der Waals surface area contributed by atoms with E-state index < -0.39 is 0 Å². The number of carbonyl (C=O) groups excluding carboxylic acids is 2. The van der Waals surface area contributed by atoms with Gasteiger partial charge in [0, 0.05) is 21.8 Å². The van der Waals surface area contributed by atoms with Gasteiger partial charge >= 0.3 is 0 Å². The molecular weight excluding hydrogens is 426 g/mol. The standard InChI is InChI=1S/C21H20ClN3O2S2/c1-2-14-5-3-4-6-18(14)25-19(26)11-17-12-28-21(24-17)29-13-20(27)23-16-9-7-15(22)8-10-16/h3-10,12H,2,11,13H2,1H3,(H,23,27)(H,25,26). The molecule has 5 nitrogen and oxygen atoms in total. The van der Waals surface area contributed by atoms with Crippen LogP contribution in [0.25, 0.3) is 0 Å². The Morgan fingerprint density at radius 1 is 1.07 bits per heavy atom. The molecule has 2 aromatic carbocycles. The van der Waals surface area contributed by atoms with Crippen LogP contribution in [0.3, 0.4) is 0 Å². The zero-order valence-corrected chi connectivity index (χ0v) is 18.2. The van der Waals surface area contributed by atoms with Crippen LogP contribution in [0.1, 0.15) is 18.2 Å². The summed E-state index contributed by atoms with van der Waals surface area (Å²) in [5.41, 5.74) is 3.33. The van der Waals surface area contributed by atoms with Crippen molar-refractivity contribution in [2.24, 2.45) is 0 Å². The summed E-state index contributed by atoms with van der Waals surface area (Å²) in [6.45, 7) is 2.05. The average molecular weight is 446 g/mol. The number of halogens is 1. The molecule has 0 aliphatic carbocycles. The third-order valence-electron chi connectivity index (χ3n) is 4.00. The van der Waals surface area contributed by atoms with E-state index in [0.717, 1.165) is 22.0 Å². The van der Waals surface area contributed by atoms with E-state index in [1.54, 1.807) is 24.3 Å². The number of para-hydroxylation sites is 1. The van der Waals surface area contributed by atoms with Gasteiger partial charge in [0.15, 0.2) is 4.34 Å². The number of nitrogens with one attached hydrogen (secondary N) is 2. The number of hydrogen-bond acceptors (Lipinski definition) is 5. The molecule has 8 heteroatoms. The predicted molar refractivity (Wildman–Crippen MR) is 121 cm³/mol. The summed E-state index contributed by atoms with van der Waals surface area (Å²) in [6, 6.07) is 14.7. The lowest BCUT2D eigenvalue weighted by atomic mass is 10.1. The smallest absolute Gasteiger partial charge is 0.234 e. The quantitative estimate of drug-likeness (QED) is 0.463. The van der Waals surface area contributed by atoms with E-state index in [0.29, 0.717) is 16.4 Å². The van der Waals surface area contributed by atoms with Crippen molar-refractivity contribution in [3.63, 3.8) is 0 Å². The normalized spacial score (nSPS) is 10.6. The zero-order chi connectivity index (χ0) is 20.6. The van der Waals surface area contributed by atoms with Crippen molar-refractivity contribution < 1.29 is 9.59 Å². The third kappa shape index (κ3) is 6.59. The van der Waals surface area contributed by atoms with Crippen LogP contribution in [0.15, 0.2) is 58.3 Å². The van der Waals surface area contributed by atoms with Gasteiger partial charge in [0.25, 0.3) is 0 Å². The van der Waals surface area contributed by atoms with Crippen molar-refractivity contribution in [2.45, 2.75) is 24.1 Å². The van der Waals surface area contributed by atoms with Crippen LogP contribution in [-0.4, -0.2) is 22.6 Å². The molecule has 2 N–H and O–H groups in total. The van der Waals surface area contributed by atoms with Crippen molar-refractivity contribution in [3.8, 4) is 0 Å². The summed E-state index contributed by atoms with van der Waals surface area (Å²) in [6.07, 6.45) is 1.05. The summed E-state index contributed by atoms with van der Waals surface area (Å²) in [4.78, 5) is 28.8. The lowest BCUT2D eigenvalue weighted by molar-refractivity contribution is -0.116. The number of thioether (sulfide) groups is 1. The number of nitrogens with zero attached hydrogens (tertiary/aromatic N) is 1. The summed E-state index contributed by atoms with van der Waals surface area (Å²) in [5.74, 6) is 0.0160. The number of benzene rings is 2. The van der Waals surface area contributed by atoms with Gasteiger partial charge in [0.05, 0.1) is 17.9 Å². The molecule has 2 amide bonds. The summed E-state index contributed by atoms with van der Waals surface area (Å²) >= 11 is 8.61. The Hall–Kier alpha value is -2.35. The van der Waals surface area contributed by atoms with Gasteiger partial charge in [0.2, 0.25) is 11.8 Å². The molecule has 0 atom stereocenters. The summed E-state index contributed by atoms with van der Waals surface area (Å²) in [7, 11) is 0. The van der Waals surface area contributed by atoms with Gasteiger partial charge in [-0.3, -0.25) is 9.59 Å². The Balaban J connectivity index is 1.48. The third-order valence-corrected chi connectivity index (χ3v) is 6.32. The monoisotopic (exact) mass is 445 g/mol. The molecule has 0 fully saturated rings. The van der Waals surface area contributed by atoms with Crippen molar-refractivity contribution in [2.75, 3.05) is 16.4 Å². The number of carbonyl (C=O) groups is 2. The number of anilines is 2. The van der Waals surface area contributed by atoms with E-state index in [4.69, 9.17) is 11.6 Å². The molecule has 0 aliphatic heterocycles. The molecule has 3 rings (SSSR count). The van der Waals surface area contributed by atoms with Crippen molar-refractivity contribution in [1.29, 1.82) is 0 Å². The van der Waals surface area contributed by atoms with E-state index in [1.165, 1.54) is 23.1 Å². The largest absolute Gasteiger partial charge is 0.325 e. The number of aromatic nitrogens is 1. The Bertz CT molecular complexity index is 990. The topological polar surface area (TPSA) is 71.1 Å². The number of rotatable bonds is 8. The first-order chi connectivity index (χ1) is 14.0.